The monoisotopic (exact) mass is 214 g/mol. The molecule has 0 saturated carbocycles. The standard InChI is InChI=1S/C12H14N4/c1-3-5-10(4-2)14-11-7-9-16-12(15-11)6-8-13-16/h2,6-10H,3,5H2,1H3,(H,14,15). The molecule has 16 heavy (non-hydrogen) atoms. The summed E-state index contributed by atoms with van der Waals surface area (Å²) in [5, 5.41) is 7.30. The van der Waals surface area contributed by atoms with Gasteiger partial charge in [0.15, 0.2) is 5.65 Å². The molecular weight excluding hydrogens is 200 g/mol. The van der Waals surface area contributed by atoms with E-state index in [0.29, 0.717) is 0 Å². The van der Waals surface area contributed by atoms with Crippen molar-refractivity contribution in [3.63, 3.8) is 0 Å². The first-order valence-corrected chi connectivity index (χ1v) is 5.36. The maximum atomic E-state index is 5.44. The normalized spacial score (nSPS) is 12.2. The van der Waals surface area contributed by atoms with Crippen LogP contribution in [0.15, 0.2) is 24.5 Å². The number of nitrogens with zero attached hydrogens (tertiary/aromatic N) is 3. The van der Waals surface area contributed by atoms with Crippen LogP contribution in [0.25, 0.3) is 5.65 Å². The van der Waals surface area contributed by atoms with E-state index in [9.17, 15) is 0 Å². The zero-order chi connectivity index (χ0) is 11.4. The predicted octanol–water partition coefficient (Wildman–Crippen LogP) is 1.94. The lowest BCUT2D eigenvalue weighted by molar-refractivity contribution is 0.752. The second kappa shape index (κ2) is 4.67. The summed E-state index contributed by atoms with van der Waals surface area (Å²) in [6.45, 7) is 2.11. The lowest BCUT2D eigenvalue weighted by atomic mass is 10.2. The molecule has 1 unspecified atom stereocenters. The molecule has 0 aliphatic carbocycles. The number of fused-ring (bicyclic) bond motifs is 1. The van der Waals surface area contributed by atoms with Crippen LogP contribution in [-0.2, 0) is 0 Å². The Balaban J connectivity index is 2.17. The van der Waals surface area contributed by atoms with E-state index in [1.54, 1.807) is 10.7 Å². The molecule has 0 aliphatic heterocycles. The van der Waals surface area contributed by atoms with Crippen LogP contribution in [0.5, 0.6) is 0 Å². The lowest BCUT2D eigenvalue weighted by Crippen LogP contribution is -2.17. The smallest absolute Gasteiger partial charge is 0.157 e. The minimum Gasteiger partial charge on any atom is -0.356 e. The van der Waals surface area contributed by atoms with Crippen molar-refractivity contribution < 1.29 is 0 Å². The van der Waals surface area contributed by atoms with Crippen molar-refractivity contribution in [3.8, 4) is 12.3 Å². The van der Waals surface area contributed by atoms with E-state index in [4.69, 9.17) is 6.42 Å². The highest BCUT2D eigenvalue weighted by Crippen LogP contribution is 2.09. The van der Waals surface area contributed by atoms with Crippen molar-refractivity contribution in [2.24, 2.45) is 0 Å². The minimum absolute atomic E-state index is 0.0443. The van der Waals surface area contributed by atoms with Gasteiger partial charge in [0.25, 0.3) is 0 Å². The summed E-state index contributed by atoms with van der Waals surface area (Å²) in [6, 6.07) is 3.78. The molecule has 2 heterocycles. The molecular formula is C12H14N4. The minimum atomic E-state index is 0.0443. The highest BCUT2D eigenvalue weighted by molar-refractivity contribution is 5.46. The SMILES string of the molecule is C#CC(CCC)Nc1ccn2nccc2n1. The summed E-state index contributed by atoms with van der Waals surface area (Å²) in [6.07, 6.45) is 11.0. The average Bonchev–Trinajstić information content (AvgIpc) is 2.75. The fourth-order valence-electron chi connectivity index (χ4n) is 1.56. The fourth-order valence-corrected chi connectivity index (χ4v) is 1.56. The van der Waals surface area contributed by atoms with Crippen LogP contribution in [0, 0.1) is 12.3 Å². The molecule has 0 spiro atoms. The number of terminal acetylenes is 1. The van der Waals surface area contributed by atoms with Gasteiger partial charge in [-0.1, -0.05) is 19.3 Å². The molecule has 1 atom stereocenters. The third-order valence-corrected chi connectivity index (χ3v) is 2.36. The Morgan fingerprint density at radius 1 is 1.56 bits per heavy atom. The van der Waals surface area contributed by atoms with Gasteiger partial charge in [-0.15, -0.1) is 6.42 Å². The quantitative estimate of drug-likeness (QED) is 0.791. The number of hydrogen-bond donors (Lipinski definition) is 1. The van der Waals surface area contributed by atoms with E-state index in [1.807, 2.05) is 18.3 Å². The molecule has 0 saturated heterocycles. The van der Waals surface area contributed by atoms with Crippen molar-refractivity contribution in [2.75, 3.05) is 5.32 Å². The Hall–Kier alpha value is -2.02. The Bertz CT molecular complexity index is 509. The maximum Gasteiger partial charge on any atom is 0.157 e. The first kappa shape index (κ1) is 10.5. The van der Waals surface area contributed by atoms with E-state index in [0.717, 1.165) is 24.3 Å². The third-order valence-electron chi connectivity index (χ3n) is 2.36. The van der Waals surface area contributed by atoms with E-state index in [1.165, 1.54) is 0 Å². The van der Waals surface area contributed by atoms with Crippen LogP contribution < -0.4 is 5.32 Å². The molecule has 0 amide bonds. The van der Waals surface area contributed by atoms with Crippen LogP contribution >= 0.6 is 0 Å². The van der Waals surface area contributed by atoms with Crippen LogP contribution in [0.3, 0.4) is 0 Å². The summed E-state index contributed by atoms with van der Waals surface area (Å²) in [5.41, 5.74) is 0.817. The predicted molar refractivity (Wildman–Crippen MR) is 64.1 cm³/mol. The first-order chi connectivity index (χ1) is 7.83. The number of anilines is 1. The number of hydrogen-bond acceptors (Lipinski definition) is 3. The number of rotatable bonds is 4. The molecule has 0 aliphatic rings. The maximum absolute atomic E-state index is 5.44. The lowest BCUT2D eigenvalue weighted by Gasteiger charge is -2.12. The van der Waals surface area contributed by atoms with Gasteiger partial charge < -0.3 is 5.32 Å². The molecule has 0 aromatic carbocycles. The molecule has 0 fully saturated rings. The molecule has 2 aromatic rings. The van der Waals surface area contributed by atoms with Crippen LogP contribution in [0.1, 0.15) is 19.8 Å². The highest BCUT2D eigenvalue weighted by Gasteiger charge is 2.04. The van der Waals surface area contributed by atoms with Crippen LogP contribution in [0.4, 0.5) is 5.82 Å². The Morgan fingerprint density at radius 2 is 2.44 bits per heavy atom. The van der Waals surface area contributed by atoms with Crippen molar-refractivity contribution >= 4 is 11.5 Å². The molecule has 2 rings (SSSR count). The second-order valence-corrected chi connectivity index (χ2v) is 3.60. The first-order valence-electron chi connectivity index (χ1n) is 5.36. The van der Waals surface area contributed by atoms with Gasteiger partial charge in [0, 0.05) is 12.3 Å². The van der Waals surface area contributed by atoms with Crippen molar-refractivity contribution in [2.45, 2.75) is 25.8 Å². The molecule has 4 heteroatoms. The largest absolute Gasteiger partial charge is 0.356 e. The molecule has 0 bridgehead atoms. The van der Waals surface area contributed by atoms with Gasteiger partial charge in [0.2, 0.25) is 0 Å². The van der Waals surface area contributed by atoms with Gasteiger partial charge in [-0.25, -0.2) is 9.50 Å². The molecule has 2 aromatic heterocycles. The van der Waals surface area contributed by atoms with E-state index in [2.05, 4.69) is 28.2 Å². The third kappa shape index (κ3) is 2.14. The van der Waals surface area contributed by atoms with Gasteiger partial charge in [-0.05, 0) is 12.5 Å². The van der Waals surface area contributed by atoms with E-state index >= 15 is 0 Å². The van der Waals surface area contributed by atoms with Gasteiger partial charge in [-0.3, -0.25) is 0 Å². The van der Waals surface area contributed by atoms with Crippen LogP contribution in [-0.4, -0.2) is 20.6 Å². The van der Waals surface area contributed by atoms with Gasteiger partial charge in [0.1, 0.15) is 5.82 Å². The van der Waals surface area contributed by atoms with Crippen molar-refractivity contribution in [1.29, 1.82) is 0 Å². The van der Waals surface area contributed by atoms with E-state index in [-0.39, 0.29) is 6.04 Å². The summed E-state index contributed by atoms with van der Waals surface area (Å²) < 4.78 is 1.72. The molecule has 82 valence electrons. The summed E-state index contributed by atoms with van der Waals surface area (Å²) in [7, 11) is 0. The molecule has 4 nitrogen and oxygen atoms in total. The topological polar surface area (TPSA) is 42.2 Å². The fraction of sp³-hybridized carbons (Fsp3) is 0.333. The Kier molecular flexibility index (Phi) is 3.06. The second-order valence-electron chi connectivity index (χ2n) is 3.60. The Labute approximate surface area is 94.7 Å². The number of aromatic nitrogens is 3. The van der Waals surface area contributed by atoms with Gasteiger partial charge in [-0.2, -0.15) is 5.10 Å². The Morgan fingerprint density at radius 3 is 3.19 bits per heavy atom. The molecule has 1 N–H and O–H groups in total. The van der Waals surface area contributed by atoms with E-state index < -0.39 is 0 Å². The summed E-state index contributed by atoms with van der Waals surface area (Å²) in [5.74, 6) is 3.52. The zero-order valence-corrected chi connectivity index (χ0v) is 9.22. The zero-order valence-electron chi connectivity index (χ0n) is 9.22. The summed E-state index contributed by atoms with van der Waals surface area (Å²) in [4.78, 5) is 4.40. The number of nitrogens with one attached hydrogen (secondary N) is 1. The molecule has 0 radical (unpaired) electrons. The highest BCUT2D eigenvalue weighted by atomic mass is 15.2. The van der Waals surface area contributed by atoms with Gasteiger partial charge in [0.05, 0.1) is 12.2 Å². The summed E-state index contributed by atoms with van der Waals surface area (Å²) >= 11 is 0. The van der Waals surface area contributed by atoms with Crippen molar-refractivity contribution in [3.05, 3.63) is 24.5 Å². The average molecular weight is 214 g/mol. The van der Waals surface area contributed by atoms with Crippen LogP contribution in [0.2, 0.25) is 0 Å². The van der Waals surface area contributed by atoms with Gasteiger partial charge >= 0.3 is 0 Å². The van der Waals surface area contributed by atoms with Crippen molar-refractivity contribution in [1.82, 2.24) is 14.6 Å².